The molecule has 0 aliphatic heterocycles. The molecule has 2 amide bonds. The zero-order valence-corrected chi connectivity index (χ0v) is 17.2. The smallest absolute Gasteiger partial charge is 0.271 e. The molecular formula is C22H18Cl2N2O4. The fraction of sp³-hybridized carbons (Fsp3) is 0.0909. The van der Waals surface area contributed by atoms with Crippen LogP contribution in [0.2, 0.25) is 10.0 Å². The molecule has 30 heavy (non-hydrogen) atoms. The van der Waals surface area contributed by atoms with Gasteiger partial charge in [-0.1, -0.05) is 41.4 Å². The van der Waals surface area contributed by atoms with Crippen LogP contribution in [0.25, 0.3) is 0 Å². The molecule has 0 aliphatic rings. The Hall–Kier alpha value is -3.22. The Morgan fingerprint density at radius 3 is 1.97 bits per heavy atom. The lowest BCUT2D eigenvalue weighted by Gasteiger charge is -2.10. The van der Waals surface area contributed by atoms with Gasteiger partial charge in [-0.05, 0) is 54.6 Å². The number of ether oxygens (including phenoxy) is 2. The van der Waals surface area contributed by atoms with Crippen LogP contribution in [-0.4, -0.2) is 25.0 Å². The number of amides is 2. The van der Waals surface area contributed by atoms with Gasteiger partial charge in [0.25, 0.3) is 11.8 Å². The SMILES string of the molecule is O=C(NNC(=O)c1ccc(Cl)cc1Cl)c1ccc(OCCOc2ccccc2)cc1. The first-order valence-electron chi connectivity index (χ1n) is 8.99. The lowest BCUT2D eigenvalue weighted by Crippen LogP contribution is -2.41. The van der Waals surface area contributed by atoms with Crippen molar-refractivity contribution >= 4 is 35.0 Å². The summed E-state index contributed by atoms with van der Waals surface area (Å²) in [5.41, 5.74) is 5.20. The summed E-state index contributed by atoms with van der Waals surface area (Å²) in [7, 11) is 0. The van der Waals surface area contributed by atoms with Crippen molar-refractivity contribution in [3.05, 3.63) is 94.0 Å². The lowest BCUT2D eigenvalue weighted by atomic mass is 10.2. The van der Waals surface area contributed by atoms with Crippen LogP contribution >= 0.6 is 23.2 Å². The van der Waals surface area contributed by atoms with Crippen LogP contribution in [0.1, 0.15) is 20.7 Å². The topological polar surface area (TPSA) is 76.7 Å². The van der Waals surface area contributed by atoms with E-state index >= 15 is 0 Å². The third-order valence-corrected chi connectivity index (χ3v) is 4.49. The first-order chi connectivity index (χ1) is 14.5. The summed E-state index contributed by atoms with van der Waals surface area (Å²) < 4.78 is 11.1. The molecule has 8 heteroatoms. The number of para-hydroxylation sites is 1. The molecule has 3 aromatic carbocycles. The number of rotatable bonds is 7. The molecule has 0 aliphatic carbocycles. The Balaban J connectivity index is 1.44. The van der Waals surface area contributed by atoms with Gasteiger partial charge in [0.1, 0.15) is 24.7 Å². The van der Waals surface area contributed by atoms with Gasteiger partial charge < -0.3 is 9.47 Å². The largest absolute Gasteiger partial charge is 0.490 e. The van der Waals surface area contributed by atoms with E-state index in [1.165, 1.54) is 18.2 Å². The van der Waals surface area contributed by atoms with Gasteiger partial charge >= 0.3 is 0 Å². The number of benzene rings is 3. The molecule has 3 rings (SSSR count). The van der Waals surface area contributed by atoms with Crippen molar-refractivity contribution in [3.8, 4) is 11.5 Å². The molecule has 0 radical (unpaired) electrons. The molecule has 6 nitrogen and oxygen atoms in total. The summed E-state index contributed by atoms with van der Waals surface area (Å²) in [6.45, 7) is 0.754. The maximum Gasteiger partial charge on any atom is 0.271 e. The second-order valence-electron chi connectivity index (χ2n) is 6.07. The van der Waals surface area contributed by atoms with Crippen LogP contribution in [0.15, 0.2) is 72.8 Å². The number of carbonyl (C=O) groups excluding carboxylic acids is 2. The van der Waals surface area contributed by atoms with E-state index in [1.54, 1.807) is 24.3 Å². The second kappa shape index (κ2) is 10.5. The van der Waals surface area contributed by atoms with E-state index in [2.05, 4.69) is 10.9 Å². The average Bonchev–Trinajstić information content (AvgIpc) is 2.76. The lowest BCUT2D eigenvalue weighted by molar-refractivity contribution is 0.0846. The van der Waals surface area contributed by atoms with Gasteiger partial charge in [-0.3, -0.25) is 20.4 Å². The van der Waals surface area contributed by atoms with E-state index < -0.39 is 11.8 Å². The van der Waals surface area contributed by atoms with E-state index in [9.17, 15) is 9.59 Å². The third-order valence-electron chi connectivity index (χ3n) is 3.95. The van der Waals surface area contributed by atoms with Gasteiger partial charge in [0, 0.05) is 10.6 Å². The molecule has 0 aromatic heterocycles. The van der Waals surface area contributed by atoms with Gasteiger partial charge in [-0.15, -0.1) is 0 Å². The minimum Gasteiger partial charge on any atom is -0.490 e. The zero-order chi connectivity index (χ0) is 21.3. The molecule has 0 saturated carbocycles. The Kier molecular flexibility index (Phi) is 7.54. The maximum atomic E-state index is 12.2. The van der Waals surface area contributed by atoms with Crippen molar-refractivity contribution in [2.24, 2.45) is 0 Å². The quantitative estimate of drug-likeness (QED) is 0.414. The van der Waals surface area contributed by atoms with Crippen LogP contribution < -0.4 is 20.3 Å². The fourth-order valence-corrected chi connectivity index (χ4v) is 2.96. The third kappa shape index (κ3) is 6.14. The van der Waals surface area contributed by atoms with Crippen LogP contribution in [0.3, 0.4) is 0 Å². The Bertz CT molecular complexity index is 1010. The van der Waals surface area contributed by atoms with Crippen LogP contribution in [0, 0.1) is 0 Å². The zero-order valence-electron chi connectivity index (χ0n) is 15.7. The fourth-order valence-electron chi connectivity index (χ4n) is 2.46. The summed E-state index contributed by atoms with van der Waals surface area (Å²) in [5.74, 6) is 0.339. The average molecular weight is 445 g/mol. The number of carbonyl (C=O) groups is 2. The summed E-state index contributed by atoms with van der Waals surface area (Å²) >= 11 is 11.8. The number of nitrogens with one attached hydrogen (secondary N) is 2. The van der Waals surface area contributed by atoms with Crippen molar-refractivity contribution < 1.29 is 19.1 Å². The first kappa shape index (κ1) is 21.5. The van der Waals surface area contributed by atoms with Gasteiger partial charge in [0.05, 0.1) is 10.6 Å². The molecule has 0 atom stereocenters. The van der Waals surface area contributed by atoms with E-state index in [-0.39, 0.29) is 10.6 Å². The number of hydrazine groups is 1. The first-order valence-corrected chi connectivity index (χ1v) is 9.75. The van der Waals surface area contributed by atoms with Crippen LogP contribution in [0.4, 0.5) is 0 Å². The number of halogens is 2. The normalized spacial score (nSPS) is 10.2. The van der Waals surface area contributed by atoms with Crippen LogP contribution in [-0.2, 0) is 0 Å². The van der Waals surface area contributed by atoms with E-state index in [0.717, 1.165) is 5.75 Å². The minimum absolute atomic E-state index is 0.187. The van der Waals surface area contributed by atoms with Crippen molar-refractivity contribution in [3.63, 3.8) is 0 Å². The standard InChI is InChI=1S/C22H18Cl2N2O4/c23-16-8-11-19(20(24)14-16)22(28)26-25-21(27)15-6-9-18(10-7-15)30-13-12-29-17-4-2-1-3-5-17/h1-11,14H,12-13H2,(H,25,27)(H,26,28). The highest BCUT2D eigenvalue weighted by Gasteiger charge is 2.12. The van der Waals surface area contributed by atoms with Crippen molar-refractivity contribution in [1.82, 2.24) is 10.9 Å². The highest BCUT2D eigenvalue weighted by atomic mass is 35.5. The number of hydrogen-bond acceptors (Lipinski definition) is 4. The highest BCUT2D eigenvalue weighted by Crippen LogP contribution is 2.20. The van der Waals surface area contributed by atoms with Crippen molar-refractivity contribution in [2.75, 3.05) is 13.2 Å². The highest BCUT2D eigenvalue weighted by molar-refractivity contribution is 6.36. The summed E-state index contributed by atoms with van der Waals surface area (Å²) in [4.78, 5) is 24.3. The van der Waals surface area contributed by atoms with E-state index in [1.807, 2.05) is 30.3 Å². The summed E-state index contributed by atoms with van der Waals surface area (Å²) in [5, 5.41) is 0.599. The van der Waals surface area contributed by atoms with Gasteiger partial charge in [-0.2, -0.15) is 0 Å². The van der Waals surface area contributed by atoms with Crippen LogP contribution in [0.5, 0.6) is 11.5 Å². The van der Waals surface area contributed by atoms with Gasteiger partial charge in [0.15, 0.2) is 0 Å². The molecule has 3 aromatic rings. The summed E-state index contributed by atoms with van der Waals surface area (Å²) in [6, 6.07) is 20.4. The van der Waals surface area contributed by atoms with E-state index in [4.69, 9.17) is 32.7 Å². The van der Waals surface area contributed by atoms with Crippen molar-refractivity contribution in [1.29, 1.82) is 0 Å². The second-order valence-corrected chi connectivity index (χ2v) is 6.91. The molecule has 0 saturated heterocycles. The Labute approximate surface area is 183 Å². The minimum atomic E-state index is -0.552. The van der Waals surface area contributed by atoms with Gasteiger partial charge in [0.2, 0.25) is 0 Å². The summed E-state index contributed by atoms with van der Waals surface area (Å²) in [6.07, 6.45) is 0. The predicted octanol–water partition coefficient (Wildman–Crippen LogP) is 4.53. The molecule has 2 N–H and O–H groups in total. The van der Waals surface area contributed by atoms with Gasteiger partial charge in [-0.25, -0.2) is 0 Å². The molecule has 0 heterocycles. The molecule has 0 spiro atoms. The molecule has 0 fully saturated rings. The maximum absolute atomic E-state index is 12.2. The predicted molar refractivity (Wildman–Crippen MR) is 115 cm³/mol. The van der Waals surface area contributed by atoms with Crippen molar-refractivity contribution in [2.45, 2.75) is 0 Å². The monoisotopic (exact) mass is 444 g/mol. The number of hydrogen-bond donors (Lipinski definition) is 2. The molecule has 0 unspecified atom stereocenters. The Morgan fingerprint density at radius 1 is 0.733 bits per heavy atom. The molecular weight excluding hydrogens is 427 g/mol. The Morgan fingerprint density at radius 2 is 1.33 bits per heavy atom. The molecule has 154 valence electrons. The molecule has 0 bridgehead atoms. The van der Waals surface area contributed by atoms with E-state index in [0.29, 0.717) is 29.5 Å².